The summed E-state index contributed by atoms with van der Waals surface area (Å²) in [4.78, 5) is 1.01. The largest absolute Gasteiger partial charge is 0.243 e. The molecule has 1 fully saturated rings. The van der Waals surface area contributed by atoms with Gasteiger partial charge in [0, 0.05) is 18.0 Å². The highest BCUT2D eigenvalue weighted by atomic mass is 32.2. The molecule has 0 bridgehead atoms. The molecule has 1 aromatic heterocycles. The van der Waals surface area contributed by atoms with E-state index in [4.69, 9.17) is 0 Å². The summed E-state index contributed by atoms with van der Waals surface area (Å²) >= 11 is 1.40. The summed E-state index contributed by atoms with van der Waals surface area (Å²) in [5.41, 5.74) is 1.93. The van der Waals surface area contributed by atoms with E-state index >= 15 is 0 Å². The number of hydrogen-bond acceptors (Lipinski definition) is 5. The van der Waals surface area contributed by atoms with E-state index in [0.717, 1.165) is 16.0 Å². The zero-order valence-corrected chi connectivity index (χ0v) is 16.6. The summed E-state index contributed by atoms with van der Waals surface area (Å²) in [7, 11) is -7.06. The van der Waals surface area contributed by atoms with Crippen LogP contribution in [0.5, 0.6) is 0 Å². The van der Waals surface area contributed by atoms with Crippen LogP contribution in [0.15, 0.2) is 40.6 Å². The Kier molecular flexibility index (Phi) is 5.07. The Hall–Kier alpha value is -1.22. The predicted molar refractivity (Wildman–Crippen MR) is 100 cm³/mol. The van der Waals surface area contributed by atoms with Crippen LogP contribution in [0, 0.1) is 13.8 Å². The normalized spacial score (nSPS) is 21.8. The van der Waals surface area contributed by atoms with Gasteiger partial charge in [-0.15, -0.1) is 11.3 Å². The zero-order chi connectivity index (χ0) is 18.2. The molecule has 1 aliphatic rings. The zero-order valence-electron chi connectivity index (χ0n) is 14.2. The topological polar surface area (TPSA) is 71.5 Å². The molecular formula is C17H21NO4S3. The lowest BCUT2D eigenvalue weighted by atomic mass is 10.1. The minimum atomic E-state index is -3.69. The fraction of sp³-hybridized carbons (Fsp3) is 0.412. The van der Waals surface area contributed by atoms with Gasteiger partial charge in [-0.25, -0.2) is 16.8 Å². The van der Waals surface area contributed by atoms with Crippen molar-refractivity contribution >= 4 is 31.2 Å². The molecule has 3 rings (SSSR count). The summed E-state index contributed by atoms with van der Waals surface area (Å²) in [6.07, 6.45) is 0.285. The molecule has 0 aliphatic carbocycles. The molecule has 1 aliphatic heterocycles. The van der Waals surface area contributed by atoms with Crippen LogP contribution in [-0.4, -0.2) is 40.0 Å². The Morgan fingerprint density at radius 3 is 2.52 bits per heavy atom. The van der Waals surface area contributed by atoms with Crippen molar-refractivity contribution < 1.29 is 16.8 Å². The molecule has 0 radical (unpaired) electrons. The van der Waals surface area contributed by atoms with Gasteiger partial charge in [-0.3, -0.25) is 0 Å². The van der Waals surface area contributed by atoms with Crippen molar-refractivity contribution in [3.63, 3.8) is 0 Å². The van der Waals surface area contributed by atoms with Gasteiger partial charge in [0.05, 0.1) is 15.9 Å². The molecular weight excluding hydrogens is 378 g/mol. The van der Waals surface area contributed by atoms with Gasteiger partial charge in [0.2, 0.25) is 10.0 Å². The maximum Gasteiger partial charge on any atom is 0.243 e. The Balaban J connectivity index is 1.90. The van der Waals surface area contributed by atoms with Crippen LogP contribution in [0.4, 0.5) is 0 Å². The van der Waals surface area contributed by atoms with Gasteiger partial charge in [0.1, 0.15) is 0 Å². The minimum absolute atomic E-state index is 0.000530. The SMILES string of the molecule is Cc1ccc(S(=O)(=O)N2CCC(c3cccs3)S(=O)(=O)CC2)cc1C. The van der Waals surface area contributed by atoms with E-state index in [0.29, 0.717) is 0 Å². The first-order valence-corrected chi connectivity index (χ1v) is 12.1. The molecule has 1 unspecified atom stereocenters. The smallest absolute Gasteiger partial charge is 0.228 e. The Bertz CT molecular complexity index is 963. The van der Waals surface area contributed by atoms with Gasteiger partial charge < -0.3 is 0 Å². The van der Waals surface area contributed by atoms with Crippen molar-refractivity contribution in [1.29, 1.82) is 0 Å². The molecule has 8 heteroatoms. The van der Waals surface area contributed by atoms with E-state index in [1.807, 2.05) is 25.3 Å². The molecule has 0 N–H and O–H groups in total. The van der Waals surface area contributed by atoms with E-state index in [2.05, 4.69) is 0 Å². The average molecular weight is 400 g/mol. The van der Waals surface area contributed by atoms with Crippen molar-refractivity contribution in [3.05, 3.63) is 51.7 Å². The van der Waals surface area contributed by atoms with Crippen LogP contribution >= 0.6 is 11.3 Å². The third kappa shape index (κ3) is 3.67. The van der Waals surface area contributed by atoms with E-state index in [1.165, 1.54) is 15.6 Å². The van der Waals surface area contributed by atoms with Crippen LogP contribution in [-0.2, 0) is 19.9 Å². The molecule has 0 amide bonds. The van der Waals surface area contributed by atoms with E-state index in [1.54, 1.807) is 24.3 Å². The molecule has 1 atom stereocenters. The maximum absolute atomic E-state index is 12.9. The Labute approximate surface area is 153 Å². The number of benzene rings is 1. The standard InChI is InChI=1S/C17H21NO4S3/c1-13-5-6-15(12-14(13)2)25(21,22)18-8-7-17(16-4-3-10-23-16)24(19,20)11-9-18/h3-6,10,12,17H,7-9,11H2,1-2H3. The predicted octanol–water partition coefficient (Wildman–Crippen LogP) is 2.92. The summed E-state index contributed by atoms with van der Waals surface area (Å²) < 4.78 is 52.4. The van der Waals surface area contributed by atoms with E-state index < -0.39 is 25.1 Å². The summed E-state index contributed by atoms with van der Waals surface area (Å²) in [5, 5.41) is 1.23. The molecule has 1 saturated heterocycles. The lowest BCUT2D eigenvalue weighted by Gasteiger charge is -2.20. The fourth-order valence-electron chi connectivity index (χ4n) is 2.98. The number of sulfonamides is 1. The number of aryl methyl sites for hydroxylation is 2. The number of nitrogens with zero attached hydrogens (tertiary/aromatic N) is 1. The lowest BCUT2D eigenvalue weighted by molar-refractivity contribution is 0.428. The van der Waals surface area contributed by atoms with Crippen molar-refractivity contribution in [1.82, 2.24) is 4.31 Å². The van der Waals surface area contributed by atoms with Crippen molar-refractivity contribution in [2.75, 3.05) is 18.8 Å². The molecule has 0 saturated carbocycles. The van der Waals surface area contributed by atoms with Crippen LogP contribution in [0.2, 0.25) is 0 Å². The number of rotatable bonds is 3. The van der Waals surface area contributed by atoms with Crippen molar-refractivity contribution in [3.8, 4) is 0 Å². The second-order valence-electron chi connectivity index (χ2n) is 6.31. The molecule has 2 heterocycles. The number of hydrogen-bond donors (Lipinski definition) is 0. The second kappa shape index (κ2) is 6.83. The van der Waals surface area contributed by atoms with Crippen LogP contribution in [0.1, 0.15) is 27.7 Å². The quantitative estimate of drug-likeness (QED) is 0.796. The third-order valence-corrected chi connectivity index (χ3v) is 9.81. The Morgan fingerprint density at radius 2 is 1.88 bits per heavy atom. The van der Waals surface area contributed by atoms with Gasteiger partial charge in [0.15, 0.2) is 9.84 Å². The summed E-state index contributed by atoms with van der Waals surface area (Å²) in [6, 6.07) is 8.66. The molecule has 25 heavy (non-hydrogen) atoms. The fourth-order valence-corrected chi connectivity index (χ4v) is 7.64. The van der Waals surface area contributed by atoms with Gasteiger partial charge >= 0.3 is 0 Å². The first-order chi connectivity index (χ1) is 11.7. The van der Waals surface area contributed by atoms with Gasteiger partial charge in [-0.1, -0.05) is 12.1 Å². The first-order valence-electron chi connectivity index (χ1n) is 8.04. The highest BCUT2D eigenvalue weighted by Crippen LogP contribution is 2.33. The summed E-state index contributed by atoms with van der Waals surface area (Å²) in [6.45, 7) is 4.00. The minimum Gasteiger partial charge on any atom is -0.228 e. The monoisotopic (exact) mass is 399 g/mol. The molecule has 136 valence electrons. The lowest BCUT2D eigenvalue weighted by Crippen LogP contribution is -2.33. The summed E-state index contributed by atoms with van der Waals surface area (Å²) in [5.74, 6) is -0.153. The third-order valence-electron chi connectivity index (χ3n) is 4.68. The molecule has 5 nitrogen and oxygen atoms in total. The van der Waals surface area contributed by atoms with Gasteiger partial charge in [-0.05, 0) is 55.0 Å². The van der Waals surface area contributed by atoms with Crippen molar-refractivity contribution in [2.45, 2.75) is 30.4 Å². The Morgan fingerprint density at radius 1 is 1.12 bits per heavy atom. The van der Waals surface area contributed by atoms with Crippen LogP contribution in [0.25, 0.3) is 0 Å². The molecule has 2 aromatic rings. The highest BCUT2D eigenvalue weighted by Gasteiger charge is 2.36. The maximum atomic E-state index is 12.9. The number of thiophene rings is 1. The molecule has 0 spiro atoms. The first kappa shape index (κ1) is 18.6. The van der Waals surface area contributed by atoms with Crippen LogP contribution < -0.4 is 0 Å². The van der Waals surface area contributed by atoms with Gasteiger partial charge in [-0.2, -0.15) is 4.31 Å². The van der Waals surface area contributed by atoms with Crippen molar-refractivity contribution in [2.24, 2.45) is 0 Å². The molecule has 1 aromatic carbocycles. The highest BCUT2D eigenvalue weighted by molar-refractivity contribution is 7.92. The van der Waals surface area contributed by atoms with Gasteiger partial charge in [0.25, 0.3) is 0 Å². The van der Waals surface area contributed by atoms with E-state index in [9.17, 15) is 16.8 Å². The number of sulfone groups is 1. The second-order valence-corrected chi connectivity index (χ2v) is 11.5. The van der Waals surface area contributed by atoms with E-state index in [-0.39, 0.29) is 30.2 Å². The average Bonchev–Trinajstić information content (AvgIpc) is 3.01. The van der Waals surface area contributed by atoms with Crippen LogP contribution in [0.3, 0.4) is 0 Å².